The van der Waals surface area contributed by atoms with Crippen molar-refractivity contribution in [1.82, 2.24) is 15.2 Å². The summed E-state index contributed by atoms with van der Waals surface area (Å²) in [4.78, 5) is 47.4. The number of aromatic nitrogens is 1. The monoisotopic (exact) mass is 569 g/mol. The molecule has 9 nitrogen and oxygen atoms in total. The van der Waals surface area contributed by atoms with Crippen LogP contribution >= 0.6 is 0 Å². The number of aromatic amines is 1. The lowest BCUT2D eigenvalue weighted by Gasteiger charge is -2.36. The molecule has 0 bridgehead atoms. The number of nitrogens with one attached hydrogen (secondary N) is 2. The third-order valence-corrected chi connectivity index (χ3v) is 8.48. The van der Waals surface area contributed by atoms with E-state index in [0.717, 1.165) is 37.7 Å². The molecule has 1 saturated carbocycles. The Balaban J connectivity index is 1.70. The number of rotatable bonds is 6. The van der Waals surface area contributed by atoms with E-state index in [4.69, 9.17) is 0 Å². The van der Waals surface area contributed by atoms with Crippen LogP contribution in [0.5, 0.6) is 0 Å². The number of H-pyrrole nitrogens is 1. The number of carbonyl (C=O) groups is 2. The van der Waals surface area contributed by atoms with Gasteiger partial charge in [0.05, 0.1) is 12.6 Å². The van der Waals surface area contributed by atoms with Crippen LogP contribution in [0.1, 0.15) is 76.5 Å². The maximum Gasteiger partial charge on any atom is 0.251 e. The summed E-state index contributed by atoms with van der Waals surface area (Å²) in [5.41, 5.74) is 1.96. The molecule has 5 rings (SSSR count). The molecule has 2 aromatic carbocycles. The van der Waals surface area contributed by atoms with Crippen LogP contribution in [0.4, 0.5) is 5.69 Å². The first-order chi connectivity index (χ1) is 20.1. The molecule has 1 saturated heterocycles. The molecule has 1 unspecified atom stereocenters. The van der Waals surface area contributed by atoms with Crippen LogP contribution in [0.2, 0.25) is 0 Å². The molecule has 2 fully saturated rings. The van der Waals surface area contributed by atoms with Crippen LogP contribution in [0, 0.1) is 11.5 Å². The second kappa shape index (κ2) is 12.0. The molecule has 2 aliphatic rings. The summed E-state index contributed by atoms with van der Waals surface area (Å²) in [6, 6.07) is 13.9. The lowest BCUT2D eigenvalue weighted by molar-refractivity contribution is -0.128. The maximum absolute atomic E-state index is 14.5. The van der Waals surface area contributed by atoms with Crippen LogP contribution in [-0.4, -0.2) is 51.5 Å². The summed E-state index contributed by atoms with van der Waals surface area (Å²) in [7, 11) is 0. The van der Waals surface area contributed by atoms with Crippen molar-refractivity contribution in [3.8, 4) is 6.19 Å². The summed E-state index contributed by atoms with van der Waals surface area (Å²) in [5, 5.41) is 24.0. The highest BCUT2D eigenvalue weighted by Gasteiger charge is 2.43. The average Bonchev–Trinajstić information content (AvgIpc) is 3.36. The third-order valence-electron chi connectivity index (χ3n) is 8.48. The van der Waals surface area contributed by atoms with Crippen LogP contribution in [0.3, 0.4) is 0 Å². The molecule has 2 heterocycles. The number of pyridine rings is 1. The molecule has 0 spiro atoms. The molecule has 9 heteroatoms. The second-order valence-corrected chi connectivity index (χ2v) is 12.5. The Morgan fingerprint density at radius 1 is 1.10 bits per heavy atom. The molecule has 3 N–H and O–H groups in total. The molecule has 42 heavy (non-hydrogen) atoms. The predicted octanol–water partition coefficient (Wildman–Crippen LogP) is 4.27. The van der Waals surface area contributed by atoms with Gasteiger partial charge in [0.2, 0.25) is 11.5 Å². The molecule has 0 radical (unpaired) electrons. The van der Waals surface area contributed by atoms with Crippen molar-refractivity contribution in [2.24, 2.45) is 0 Å². The first kappa shape index (κ1) is 29.3. The summed E-state index contributed by atoms with van der Waals surface area (Å²) in [5.74, 6) is -0.863. The number of fused-ring (bicyclic) bond motifs is 1. The van der Waals surface area contributed by atoms with Gasteiger partial charge in [-0.05, 0) is 47.6 Å². The Hall–Kier alpha value is -4.16. The zero-order valence-electron chi connectivity index (χ0n) is 24.5. The second-order valence-electron chi connectivity index (χ2n) is 12.5. The summed E-state index contributed by atoms with van der Waals surface area (Å²) in [6.45, 7) is 6.33. The minimum Gasteiger partial charge on any atom is -0.391 e. The number of likely N-dealkylation sites (tertiary alicyclic amines) is 1. The van der Waals surface area contributed by atoms with Gasteiger partial charge in [-0.2, -0.15) is 5.26 Å². The number of hydrogen-bond acceptors (Lipinski definition) is 6. The summed E-state index contributed by atoms with van der Waals surface area (Å²) in [6.07, 6.45) is 6.10. The third kappa shape index (κ3) is 6.04. The highest BCUT2D eigenvalue weighted by molar-refractivity contribution is 6.05. The Labute approximate surface area is 246 Å². The van der Waals surface area contributed by atoms with Gasteiger partial charge in [0, 0.05) is 35.1 Å². The van der Waals surface area contributed by atoms with Gasteiger partial charge in [0.1, 0.15) is 12.1 Å². The van der Waals surface area contributed by atoms with Crippen molar-refractivity contribution < 1.29 is 14.7 Å². The number of β-amino-alcohol motifs (C(OH)–C–C–N with tert-alkyl or cyclic N) is 1. The standard InChI is InChI=1S/C33H39N5O4/c1-33(2,3)21-13-15-23(16-14-21)38(32(42)28-17-24(39)19-37(28)20-34)30(31(41)35-22-9-5-4-6-10-22)26-18-29(40)36-27-12-8-7-11-25(26)27/h7-8,11-16,18,22,24,28,30,39H,4-6,9-10,17,19H2,1-3H3,(H,35,41)(H,36,40)/t24-,28-,30?/m1/s1. The van der Waals surface area contributed by atoms with Gasteiger partial charge in [0.25, 0.3) is 5.91 Å². The molecule has 2 amide bonds. The Bertz CT molecular complexity index is 1550. The molecule has 1 aliphatic carbocycles. The Kier molecular flexibility index (Phi) is 8.37. The fraction of sp³-hybridized carbons (Fsp3) is 0.455. The van der Waals surface area contributed by atoms with E-state index >= 15 is 0 Å². The van der Waals surface area contributed by atoms with E-state index in [1.54, 1.807) is 12.1 Å². The maximum atomic E-state index is 14.5. The van der Waals surface area contributed by atoms with Crippen molar-refractivity contribution in [1.29, 1.82) is 5.26 Å². The number of aliphatic hydroxyl groups is 1. The van der Waals surface area contributed by atoms with Gasteiger partial charge in [-0.15, -0.1) is 0 Å². The number of anilines is 1. The topological polar surface area (TPSA) is 130 Å². The zero-order valence-corrected chi connectivity index (χ0v) is 24.5. The number of para-hydroxylation sites is 1. The van der Waals surface area contributed by atoms with E-state index in [2.05, 4.69) is 31.1 Å². The van der Waals surface area contributed by atoms with Crippen molar-refractivity contribution >= 4 is 28.4 Å². The largest absolute Gasteiger partial charge is 0.391 e. The zero-order chi connectivity index (χ0) is 30.0. The highest BCUT2D eigenvalue weighted by Crippen LogP contribution is 2.35. The van der Waals surface area contributed by atoms with E-state index < -0.39 is 24.1 Å². The van der Waals surface area contributed by atoms with Crippen LogP contribution < -0.4 is 15.8 Å². The molecular formula is C33H39N5O4. The van der Waals surface area contributed by atoms with Crippen molar-refractivity contribution in [3.05, 3.63) is 76.1 Å². The van der Waals surface area contributed by atoms with E-state index in [0.29, 0.717) is 22.2 Å². The quantitative estimate of drug-likeness (QED) is 0.381. The van der Waals surface area contributed by atoms with Gasteiger partial charge >= 0.3 is 0 Å². The fourth-order valence-corrected chi connectivity index (χ4v) is 6.23. The normalized spacial score (nSPS) is 20.2. The SMILES string of the molecule is CC(C)(C)c1ccc(N(C(=O)[C@H]2C[C@@H](O)CN2C#N)C(C(=O)NC2CCCCC2)c2cc(=O)[nH]c3ccccc23)cc1. The van der Waals surface area contributed by atoms with Gasteiger partial charge in [-0.25, -0.2) is 0 Å². The van der Waals surface area contributed by atoms with E-state index in [1.165, 1.54) is 15.9 Å². The molecule has 1 aliphatic heterocycles. The lowest BCUT2D eigenvalue weighted by atomic mass is 9.87. The number of nitrogens with zero attached hydrogens (tertiary/aromatic N) is 3. The number of carbonyl (C=O) groups excluding carboxylic acids is 2. The number of amides is 2. The van der Waals surface area contributed by atoms with Crippen LogP contribution in [-0.2, 0) is 15.0 Å². The van der Waals surface area contributed by atoms with Crippen LogP contribution in [0.25, 0.3) is 10.9 Å². The molecular weight excluding hydrogens is 530 g/mol. The molecule has 220 valence electrons. The van der Waals surface area contributed by atoms with Gasteiger partial charge in [-0.3, -0.25) is 24.2 Å². The molecule has 1 aromatic heterocycles. The van der Waals surface area contributed by atoms with Gasteiger partial charge in [-0.1, -0.05) is 70.4 Å². The minimum absolute atomic E-state index is 0.0360. The predicted molar refractivity (Wildman–Crippen MR) is 162 cm³/mol. The van der Waals surface area contributed by atoms with Crippen molar-refractivity contribution in [2.75, 3.05) is 11.4 Å². The lowest BCUT2D eigenvalue weighted by Crippen LogP contribution is -2.52. The molecule has 3 aromatic rings. The van der Waals surface area contributed by atoms with Crippen molar-refractivity contribution in [2.45, 2.75) is 88.9 Å². The van der Waals surface area contributed by atoms with Crippen molar-refractivity contribution in [3.63, 3.8) is 0 Å². The van der Waals surface area contributed by atoms with Gasteiger partial charge < -0.3 is 15.4 Å². The summed E-state index contributed by atoms with van der Waals surface area (Å²) >= 11 is 0. The van der Waals surface area contributed by atoms with Crippen LogP contribution in [0.15, 0.2) is 59.4 Å². The highest BCUT2D eigenvalue weighted by atomic mass is 16.3. The van der Waals surface area contributed by atoms with Gasteiger partial charge in [0.15, 0.2) is 6.19 Å². The summed E-state index contributed by atoms with van der Waals surface area (Å²) < 4.78 is 0. The number of aliphatic hydroxyl groups excluding tert-OH is 1. The molecule has 3 atom stereocenters. The smallest absolute Gasteiger partial charge is 0.251 e. The average molecular weight is 570 g/mol. The van der Waals surface area contributed by atoms with E-state index in [-0.39, 0.29) is 35.9 Å². The number of benzene rings is 2. The minimum atomic E-state index is -1.19. The van der Waals surface area contributed by atoms with E-state index in [9.17, 15) is 24.8 Å². The number of hydrogen-bond donors (Lipinski definition) is 3. The first-order valence-corrected chi connectivity index (χ1v) is 14.8. The Morgan fingerprint density at radius 3 is 2.45 bits per heavy atom. The number of nitriles is 1. The first-order valence-electron chi connectivity index (χ1n) is 14.8. The fourth-order valence-electron chi connectivity index (χ4n) is 6.23. The van der Waals surface area contributed by atoms with E-state index in [1.807, 2.05) is 42.6 Å². The Morgan fingerprint density at radius 2 is 1.79 bits per heavy atom.